The van der Waals surface area contributed by atoms with Crippen LogP contribution in [0.5, 0.6) is 0 Å². The SMILES string of the molecule is NNC(Cc1c(Cl)cccc1Cl)c1ccccc1F. The van der Waals surface area contributed by atoms with Gasteiger partial charge in [0.25, 0.3) is 0 Å². The molecule has 2 aromatic rings. The maximum absolute atomic E-state index is 13.8. The molecule has 19 heavy (non-hydrogen) atoms. The summed E-state index contributed by atoms with van der Waals surface area (Å²) in [6.45, 7) is 0. The molecule has 0 spiro atoms. The predicted molar refractivity (Wildman–Crippen MR) is 76.6 cm³/mol. The van der Waals surface area contributed by atoms with Gasteiger partial charge in [-0.15, -0.1) is 0 Å². The van der Waals surface area contributed by atoms with Gasteiger partial charge in [0.05, 0.1) is 6.04 Å². The first kappa shape index (κ1) is 14.3. The van der Waals surface area contributed by atoms with Crippen molar-refractivity contribution >= 4 is 23.2 Å². The molecule has 0 radical (unpaired) electrons. The number of halogens is 3. The molecule has 0 fully saturated rings. The Hall–Kier alpha value is -1.13. The minimum atomic E-state index is -0.390. The highest BCUT2D eigenvalue weighted by atomic mass is 35.5. The van der Waals surface area contributed by atoms with Crippen LogP contribution >= 0.6 is 23.2 Å². The van der Waals surface area contributed by atoms with E-state index in [1.165, 1.54) is 6.07 Å². The fourth-order valence-corrected chi connectivity index (χ4v) is 2.50. The fourth-order valence-electron chi connectivity index (χ4n) is 1.95. The van der Waals surface area contributed by atoms with E-state index in [2.05, 4.69) is 5.43 Å². The van der Waals surface area contributed by atoms with Crippen molar-refractivity contribution in [2.75, 3.05) is 0 Å². The zero-order chi connectivity index (χ0) is 13.8. The van der Waals surface area contributed by atoms with Gasteiger partial charge >= 0.3 is 0 Å². The third-order valence-corrected chi connectivity index (χ3v) is 3.66. The Kier molecular flexibility index (Phi) is 4.77. The Morgan fingerprint density at radius 2 is 1.68 bits per heavy atom. The summed E-state index contributed by atoms with van der Waals surface area (Å²) >= 11 is 12.2. The summed E-state index contributed by atoms with van der Waals surface area (Å²) in [6, 6.07) is 11.3. The van der Waals surface area contributed by atoms with E-state index in [4.69, 9.17) is 29.0 Å². The number of hydrazine groups is 1. The number of rotatable bonds is 4. The normalized spacial score (nSPS) is 12.4. The Labute approximate surface area is 121 Å². The highest BCUT2D eigenvalue weighted by Gasteiger charge is 2.17. The standard InChI is InChI=1S/C14H13Cl2FN2/c15-11-5-3-6-12(16)10(11)8-14(19-18)9-4-1-2-7-13(9)17/h1-7,14,19H,8,18H2. The monoisotopic (exact) mass is 298 g/mol. The molecule has 1 atom stereocenters. The van der Waals surface area contributed by atoms with Gasteiger partial charge in [-0.2, -0.15) is 0 Å². The van der Waals surface area contributed by atoms with Crippen LogP contribution in [0.25, 0.3) is 0 Å². The largest absolute Gasteiger partial charge is 0.271 e. The quantitative estimate of drug-likeness (QED) is 0.664. The number of hydrogen-bond acceptors (Lipinski definition) is 2. The van der Waals surface area contributed by atoms with E-state index in [-0.39, 0.29) is 5.82 Å². The number of benzene rings is 2. The highest BCUT2D eigenvalue weighted by Crippen LogP contribution is 2.29. The van der Waals surface area contributed by atoms with Crippen LogP contribution in [-0.4, -0.2) is 0 Å². The van der Waals surface area contributed by atoms with Crippen molar-refractivity contribution in [2.45, 2.75) is 12.5 Å². The summed E-state index contributed by atoms with van der Waals surface area (Å²) in [5.74, 6) is 5.21. The van der Waals surface area contributed by atoms with Crippen LogP contribution in [0.2, 0.25) is 10.0 Å². The van der Waals surface area contributed by atoms with Crippen LogP contribution < -0.4 is 11.3 Å². The van der Waals surface area contributed by atoms with Gasteiger partial charge in [-0.05, 0) is 30.2 Å². The molecule has 3 N–H and O–H groups in total. The molecule has 0 saturated carbocycles. The van der Waals surface area contributed by atoms with Crippen LogP contribution in [0, 0.1) is 5.82 Å². The summed E-state index contributed by atoms with van der Waals surface area (Å²) in [5.41, 5.74) is 3.84. The predicted octanol–water partition coefficient (Wildman–Crippen LogP) is 3.88. The molecule has 0 heterocycles. The van der Waals surface area contributed by atoms with Crippen LogP contribution in [0.1, 0.15) is 17.2 Å². The molecule has 0 saturated heterocycles. The first-order valence-electron chi connectivity index (χ1n) is 5.77. The minimum absolute atomic E-state index is 0.311. The minimum Gasteiger partial charge on any atom is -0.271 e. The van der Waals surface area contributed by atoms with Gasteiger partial charge in [-0.3, -0.25) is 11.3 Å². The van der Waals surface area contributed by atoms with E-state index in [1.807, 2.05) is 0 Å². The maximum atomic E-state index is 13.8. The van der Waals surface area contributed by atoms with Gasteiger partial charge in [0.1, 0.15) is 5.82 Å². The van der Waals surface area contributed by atoms with Crippen molar-refractivity contribution in [3.8, 4) is 0 Å². The lowest BCUT2D eigenvalue weighted by molar-refractivity contribution is 0.510. The maximum Gasteiger partial charge on any atom is 0.128 e. The molecule has 0 aliphatic rings. The first-order valence-corrected chi connectivity index (χ1v) is 6.52. The Morgan fingerprint density at radius 1 is 1.05 bits per heavy atom. The summed E-state index contributed by atoms with van der Waals surface area (Å²) in [7, 11) is 0. The van der Waals surface area contributed by atoms with Crippen LogP contribution in [0.3, 0.4) is 0 Å². The zero-order valence-corrected chi connectivity index (χ0v) is 11.5. The molecule has 0 amide bonds. The second-order valence-electron chi connectivity index (χ2n) is 4.15. The summed E-state index contributed by atoms with van der Waals surface area (Å²) in [4.78, 5) is 0. The number of nitrogens with one attached hydrogen (secondary N) is 1. The smallest absolute Gasteiger partial charge is 0.128 e. The van der Waals surface area contributed by atoms with E-state index in [0.717, 1.165) is 5.56 Å². The molecule has 5 heteroatoms. The molecule has 2 nitrogen and oxygen atoms in total. The fraction of sp³-hybridized carbons (Fsp3) is 0.143. The second-order valence-corrected chi connectivity index (χ2v) is 4.96. The Balaban J connectivity index is 2.32. The van der Waals surface area contributed by atoms with Crippen molar-refractivity contribution in [3.63, 3.8) is 0 Å². The van der Waals surface area contributed by atoms with Gasteiger partial charge in [-0.25, -0.2) is 4.39 Å². The summed E-state index contributed by atoms with van der Waals surface area (Å²) < 4.78 is 13.8. The molecule has 1 unspecified atom stereocenters. The Morgan fingerprint density at radius 3 is 2.26 bits per heavy atom. The molecular formula is C14H13Cl2FN2. The van der Waals surface area contributed by atoms with Gasteiger partial charge in [0, 0.05) is 15.6 Å². The zero-order valence-electron chi connectivity index (χ0n) is 10.0. The summed E-state index contributed by atoms with van der Waals surface area (Å²) in [6.07, 6.45) is 0.413. The lowest BCUT2D eigenvalue weighted by Crippen LogP contribution is -2.30. The average Bonchev–Trinajstić information content (AvgIpc) is 2.40. The van der Waals surface area contributed by atoms with Gasteiger partial charge in [0.15, 0.2) is 0 Å². The van der Waals surface area contributed by atoms with Crippen LogP contribution in [0.4, 0.5) is 4.39 Å². The second kappa shape index (κ2) is 6.35. The third-order valence-electron chi connectivity index (χ3n) is 2.95. The molecule has 0 aliphatic heterocycles. The summed E-state index contributed by atoms with van der Waals surface area (Å²) in [5, 5.41) is 1.09. The van der Waals surface area contributed by atoms with E-state index in [0.29, 0.717) is 22.0 Å². The number of hydrogen-bond donors (Lipinski definition) is 2. The van der Waals surface area contributed by atoms with Crippen molar-refractivity contribution in [1.82, 2.24) is 5.43 Å². The Bertz CT molecular complexity index is 555. The molecule has 2 rings (SSSR count). The van der Waals surface area contributed by atoms with Gasteiger partial charge in [0.2, 0.25) is 0 Å². The average molecular weight is 299 g/mol. The van der Waals surface area contributed by atoms with Gasteiger partial charge in [-0.1, -0.05) is 47.5 Å². The van der Waals surface area contributed by atoms with E-state index in [9.17, 15) is 4.39 Å². The van der Waals surface area contributed by atoms with E-state index < -0.39 is 6.04 Å². The van der Waals surface area contributed by atoms with E-state index in [1.54, 1.807) is 36.4 Å². The van der Waals surface area contributed by atoms with Gasteiger partial charge < -0.3 is 0 Å². The van der Waals surface area contributed by atoms with Crippen molar-refractivity contribution < 1.29 is 4.39 Å². The van der Waals surface area contributed by atoms with E-state index >= 15 is 0 Å². The lowest BCUT2D eigenvalue weighted by Gasteiger charge is -2.18. The third kappa shape index (κ3) is 3.25. The van der Waals surface area contributed by atoms with Crippen molar-refractivity contribution in [2.24, 2.45) is 5.84 Å². The van der Waals surface area contributed by atoms with Crippen molar-refractivity contribution in [3.05, 3.63) is 69.5 Å². The lowest BCUT2D eigenvalue weighted by atomic mass is 9.99. The van der Waals surface area contributed by atoms with Crippen molar-refractivity contribution in [1.29, 1.82) is 0 Å². The molecule has 0 aromatic heterocycles. The topological polar surface area (TPSA) is 38.0 Å². The highest BCUT2D eigenvalue weighted by molar-refractivity contribution is 6.36. The molecule has 2 aromatic carbocycles. The van der Waals surface area contributed by atoms with Crippen LogP contribution in [0.15, 0.2) is 42.5 Å². The molecule has 100 valence electrons. The molecular weight excluding hydrogens is 286 g/mol. The number of nitrogens with two attached hydrogens (primary N) is 1. The van der Waals surface area contributed by atoms with Crippen LogP contribution in [-0.2, 0) is 6.42 Å². The first-order chi connectivity index (χ1) is 9.13. The molecule has 0 bridgehead atoms. The molecule has 0 aliphatic carbocycles.